The lowest BCUT2D eigenvalue weighted by atomic mass is 10.9. The highest BCUT2D eigenvalue weighted by molar-refractivity contribution is 7.51. The molecule has 0 aromatic carbocycles. The van der Waals surface area contributed by atoms with E-state index in [0.29, 0.717) is 6.61 Å². The monoisotopic (exact) mass is 176 g/mol. The molecule has 5 nitrogen and oxygen atoms in total. The van der Waals surface area contributed by atoms with E-state index in [9.17, 15) is 4.57 Å². The van der Waals surface area contributed by atoms with Gasteiger partial charge in [-0.3, -0.25) is 4.57 Å². The van der Waals surface area contributed by atoms with Crippen molar-refractivity contribution in [3.63, 3.8) is 0 Å². The van der Waals surface area contributed by atoms with Gasteiger partial charge in [-0.1, -0.05) is 0 Å². The fourth-order valence-corrected chi connectivity index (χ4v) is 0.719. The average molecular weight is 176 g/mol. The molecule has 6 heteroatoms. The van der Waals surface area contributed by atoms with Crippen LogP contribution >= 0.6 is 7.60 Å². The Morgan fingerprint density at radius 2 is 1.91 bits per heavy atom. The lowest BCUT2D eigenvalue weighted by Gasteiger charge is -2.00. The fourth-order valence-electron chi connectivity index (χ4n) is 0.240. The second-order valence-corrected chi connectivity index (χ2v) is 3.31. The van der Waals surface area contributed by atoms with Gasteiger partial charge in [-0.15, -0.1) is 0 Å². The van der Waals surface area contributed by atoms with E-state index < -0.39 is 7.60 Å². The molecule has 0 fully saturated rings. The van der Waals surface area contributed by atoms with Crippen LogP contribution in [-0.2, 0) is 9.09 Å². The molecule has 0 aliphatic heterocycles. The predicted octanol–water partition coefficient (Wildman–Crippen LogP) is 0.872. The summed E-state index contributed by atoms with van der Waals surface area (Å²) in [4.78, 5) is 8.35. The number of nitrogens with zero attached hydrogens (tertiary/aromatic N) is 2. The molecule has 1 atom stereocenters. The lowest BCUT2D eigenvalue weighted by molar-refractivity contribution is 0.279. The third-order valence-corrected chi connectivity index (χ3v) is 1.16. The maximum atomic E-state index is 10.1. The topological polar surface area (TPSA) is 94.1 Å². The van der Waals surface area contributed by atoms with Gasteiger partial charge in [-0.25, -0.2) is 0 Å². The Kier molecular flexibility index (Phi) is 8.41. The molecule has 0 aromatic rings. The first-order valence-corrected chi connectivity index (χ1v) is 4.73. The largest absolute Gasteiger partial charge is 0.325 e. The van der Waals surface area contributed by atoms with Gasteiger partial charge >= 0.3 is 7.60 Å². The summed E-state index contributed by atoms with van der Waals surface area (Å²) in [5.74, 6) is 0. The number of rotatable bonds is 2. The normalized spacial score (nSPS) is 12.8. The molecule has 0 aliphatic rings. The smallest absolute Gasteiger partial charge is 0.324 e. The van der Waals surface area contributed by atoms with Crippen LogP contribution in [0.4, 0.5) is 0 Å². The second kappa shape index (κ2) is 7.24. The van der Waals surface area contributed by atoms with E-state index in [2.05, 4.69) is 4.52 Å². The van der Waals surface area contributed by atoms with Crippen LogP contribution in [0.25, 0.3) is 0 Å². The Morgan fingerprint density at radius 3 is 1.91 bits per heavy atom. The van der Waals surface area contributed by atoms with Gasteiger partial charge in [0.05, 0.1) is 6.61 Å². The minimum atomic E-state index is -3.17. The first kappa shape index (κ1) is 12.8. The van der Waals surface area contributed by atoms with Gasteiger partial charge in [0, 0.05) is 6.66 Å². The molecule has 11 heavy (non-hydrogen) atoms. The zero-order chi connectivity index (χ0) is 9.33. The van der Waals surface area contributed by atoms with Crippen molar-refractivity contribution in [2.75, 3.05) is 13.3 Å². The van der Waals surface area contributed by atoms with Gasteiger partial charge in [-0.05, 0) is 6.92 Å². The predicted molar refractivity (Wildman–Crippen MR) is 38.6 cm³/mol. The van der Waals surface area contributed by atoms with E-state index in [4.69, 9.17) is 15.4 Å². The minimum absolute atomic E-state index is 0.296. The first-order chi connectivity index (χ1) is 4.97. The molecular formula is C5H9N2O3P. The zero-order valence-corrected chi connectivity index (χ0v) is 7.21. The lowest BCUT2D eigenvalue weighted by Crippen LogP contribution is -1.83. The summed E-state index contributed by atoms with van der Waals surface area (Å²) < 4.78 is 14.5. The summed E-state index contributed by atoms with van der Waals surface area (Å²) in [7, 11) is -3.17. The fraction of sp³-hybridized carbons (Fsp3) is 0.600. The third-order valence-electron chi connectivity index (χ3n) is 0.419. The number of nitriles is 2. The van der Waals surface area contributed by atoms with E-state index in [-0.39, 0.29) is 0 Å². The van der Waals surface area contributed by atoms with Crippen LogP contribution in [0, 0.1) is 22.7 Å². The SMILES string of the molecule is CCOP(C)(=O)O.N#CC#N. The van der Waals surface area contributed by atoms with Crippen LogP contribution in [0.3, 0.4) is 0 Å². The maximum Gasteiger partial charge on any atom is 0.325 e. The van der Waals surface area contributed by atoms with E-state index in [0.717, 1.165) is 6.66 Å². The average Bonchev–Trinajstić information content (AvgIpc) is 1.86. The second-order valence-electron chi connectivity index (χ2n) is 1.44. The van der Waals surface area contributed by atoms with Crippen LogP contribution in [0.5, 0.6) is 0 Å². The Balaban J connectivity index is 0. The van der Waals surface area contributed by atoms with Gasteiger partial charge < -0.3 is 9.42 Å². The van der Waals surface area contributed by atoms with Crippen molar-refractivity contribution in [2.45, 2.75) is 6.92 Å². The van der Waals surface area contributed by atoms with Crippen molar-refractivity contribution in [3.8, 4) is 12.1 Å². The molecular weight excluding hydrogens is 167 g/mol. The molecule has 1 N–H and O–H groups in total. The molecule has 0 saturated heterocycles. The molecule has 0 radical (unpaired) electrons. The summed E-state index contributed by atoms with van der Waals surface area (Å²) in [5.41, 5.74) is 0. The van der Waals surface area contributed by atoms with E-state index in [1.54, 1.807) is 6.92 Å². The van der Waals surface area contributed by atoms with E-state index >= 15 is 0 Å². The van der Waals surface area contributed by atoms with Crippen molar-refractivity contribution in [1.82, 2.24) is 0 Å². The van der Waals surface area contributed by atoms with Crippen LogP contribution in [-0.4, -0.2) is 18.2 Å². The van der Waals surface area contributed by atoms with E-state index in [1.165, 1.54) is 12.1 Å². The molecule has 0 heterocycles. The van der Waals surface area contributed by atoms with Crippen LogP contribution in [0.2, 0.25) is 0 Å². The minimum Gasteiger partial charge on any atom is -0.324 e. The Bertz CT molecular complexity index is 197. The van der Waals surface area contributed by atoms with E-state index in [1.807, 2.05) is 0 Å². The maximum absolute atomic E-state index is 10.1. The molecule has 0 saturated carbocycles. The van der Waals surface area contributed by atoms with Gasteiger partial charge in [0.2, 0.25) is 0 Å². The first-order valence-electron chi connectivity index (χ1n) is 2.71. The van der Waals surface area contributed by atoms with Crippen molar-refractivity contribution in [1.29, 1.82) is 10.5 Å². The Hall–Kier alpha value is -0.870. The Labute approximate surface area is 65.4 Å². The number of hydrogen-bond acceptors (Lipinski definition) is 4. The summed E-state index contributed by atoms with van der Waals surface area (Å²) in [6.45, 7) is 3.13. The van der Waals surface area contributed by atoms with Crippen molar-refractivity contribution in [3.05, 3.63) is 0 Å². The highest BCUT2D eigenvalue weighted by Gasteiger charge is 2.05. The third kappa shape index (κ3) is 27.2. The summed E-state index contributed by atoms with van der Waals surface area (Å²) in [6.07, 6.45) is 0. The summed E-state index contributed by atoms with van der Waals surface area (Å²) >= 11 is 0. The Morgan fingerprint density at radius 1 is 1.55 bits per heavy atom. The molecule has 0 spiro atoms. The standard InChI is InChI=1S/C3H9O3P.C2N2/c1-3-6-7(2,4)5;3-1-2-4/h3H2,1-2H3,(H,4,5);. The van der Waals surface area contributed by atoms with Crippen LogP contribution in [0.15, 0.2) is 0 Å². The van der Waals surface area contributed by atoms with Crippen molar-refractivity contribution < 1.29 is 14.0 Å². The highest BCUT2D eigenvalue weighted by Crippen LogP contribution is 2.35. The molecule has 62 valence electrons. The number of hydrogen-bond donors (Lipinski definition) is 1. The molecule has 0 aromatic heterocycles. The summed E-state index contributed by atoms with van der Waals surface area (Å²) in [6, 6.07) is 2.47. The highest BCUT2D eigenvalue weighted by atomic mass is 31.2. The van der Waals surface area contributed by atoms with Crippen LogP contribution in [0.1, 0.15) is 6.92 Å². The van der Waals surface area contributed by atoms with Crippen molar-refractivity contribution in [2.24, 2.45) is 0 Å². The molecule has 0 aliphatic carbocycles. The van der Waals surface area contributed by atoms with Crippen molar-refractivity contribution >= 4 is 7.60 Å². The molecule has 1 unspecified atom stereocenters. The van der Waals surface area contributed by atoms with Gasteiger partial charge in [0.25, 0.3) is 0 Å². The van der Waals surface area contributed by atoms with Gasteiger partial charge in [-0.2, -0.15) is 10.5 Å². The van der Waals surface area contributed by atoms with Gasteiger partial charge in [0.1, 0.15) is 0 Å². The van der Waals surface area contributed by atoms with Gasteiger partial charge in [0.15, 0.2) is 12.1 Å². The summed E-state index contributed by atoms with van der Waals surface area (Å²) in [5, 5.41) is 14.5. The van der Waals surface area contributed by atoms with Crippen LogP contribution < -0.4 is 0 Å². The molecule has 0 amide bonds. The molecule has 0 bridgehead atoms. The molecule has 0 rings (SSSR count). The zero-order valence-electron chi connectivity index (χ0n) is 6.31. The quantitative estimate of drug-likeness (QED) is 0.630.